The Bertz CT molecular complexity index is 408. The van der Waals surface area contributed by atoms with Crippen LogP contribution in [0.5, 0.6) is 0 Å². The van der Waals surface area contributed by atoms with Crippen molar-refractivity contribution in [2.24, 2.45) is 0 Å². The molecule has 0 saturated carbocycles. The van der Waals surface area contributed by atoms with Crippen molar-refractivity contribution in [3.63, 3.8) is 0 Å². The number of rotatable bonds is 3. The highest BCUT2D eigenvalue weighted by molar-refractivity contribution is 5.76. The first-order valence-corrected chi connectivity index (χ1v) is 4.95. The van der Waals surface area contributed by atoms with E-state index < -0.39 is 23.4 Å². The molecule has 1 aromatic rings. The van der Waals surface area contributed by atoms with Gasteiger partial charge in [-0.05, 0) is 32.4 Å². The summed E-state index contributed by atoms with van der Waals surface area (Å²) >= 11 is 0. The number of carboxylic acid groups (broad SMARTS) is 1. The summed E-state index contributed by atoms with van der Waals surface area (Å²) in [5, 5.41) is 8.87. The van der Waals surface area contributed by atoms with E-state index in [1.165, 1.54) is 32.9 Å². The Labute approximate surface area is 92.9 Å². The lowest BCUT2D eigenvalue weighted by Gasteiger charge is -2.21. The number of carboxylic acids is 1. The molecule has 0 saturated heterocycles. The fraction of sp³-hybridized carbons (Fsp3) is 0.417. The van der Waals surface area contributed by atoms with Gasteiger partial charge in [0.1, 0.15) is 11.5 Å². The molecule has 0 spiro atoms. The molecule has 1 N–H and O–H groups in total. The first kappa shape index (κ1) is 12.6. The van der Waals surface area contributed by atoms with Crippen LogP contribution in [0.1, 0.15) is 37.8 Å². The molecule has 0 heterocycles. The van der Waals surface area contributed by atoms with Gasteiger partial charge in [-0.25, -0.2) is 8.78 Å². The van der Waals surface area contributed by atoms with Gasteiger partial charge in [0.2, 0.25) is 0 Å². The van der Waals surface area contributed by atoms with E-state index in [9.17, 15) is 13.6 Å². The Morgan fingerprint density at radius 2 is 2.00 bits per heavy atom. The highest BCUT2D eigenvalue weighted by atomic mass is 19.1. The molecule has 1 unspecified atom stereocenters. The Hall–Kier alpha value is -1.45. The summed E-state index contributed by atoms with van der Waals surface area (Å²) < 4.78 is 27.4. The van der Waals surface area contributed by atoms with Crippen molar-refractivity contribution >= 4 is 5.97 Å². The van der Waals surface area contributed by atoms with Crippen LogP contribution in [0.3, 0.4) is 0 Å². The van der Waals surface area contributed by atoms with E-state index >= 15 is 0 Å². The summed E-state index contributed by atoms with van der Waals surface area (Å²) in [6.07, 6.45) is 0. The highest BCUT2D eigenvalue weighted by Gasteiger charge is 2.30. The third kappa shape index (κ3) is 2.38. The topological polar surface area (TPSA) is 37.3 Å². The number of halogens is 2. The molecular weight excluding hydrogens is 214 g/mol. The third-order valence-corrected chi connectivity index (χ3v) is 2.48. The van der Waals surface area contributed by atoms with Gasteiger partial charge in [-0.15, -0.1) is 0 Å². The van der Waals surface area contributed by atoms with Crippen LogP contribution < -0.4 is 0 Å². The van der Waals surface area contributed by atoms with Crippen molar-refractivity contribution in [3.8, 4) is 0 Å². The van der Waals surface area contributed by atoms with Gasteiger partial charge in [-0.1, -0.05) is 12.1 Å². The van der Waals surface area contributed by atoms with Crippen LogP contribution in [0.2, 0.25) is 0 Å². The van der Waals surface area contributed by atoms with E-state index in [0.717, 1.165) is 6.07 Å². The summed E-state index contributed by atoms with van der Waals surface area (Å²) in [5.74, 6) is -2.74. The molecule has 4 heteroatoms. The molecule has 0 bridgehead atoms. The molecule has 0 amide bonds. The van der Waals surface area contributed by atoms with Gasteiger partial charge >= 0.3 is 5.97 Å². The van der Waals surface area contributed by atoms with E-state index in [-0.39, 0.29) is 11.1 Å². The minimum Gasteiger partial charge on any atom is -0.481 e. The monoisotopic (exact) mass is 228 g/mol. The smallest absolute Gasteiger partial charge is 0.310 e. The summed E-state index contributed by atoms with van der Waals surface area (Å²) in [6.45, 7) is 3.83. The predicted octanol–water partition coefficient (Wildman–Crippen LogP) is 3.22. The Kier molecular flexibility index (Phi) is 3.31. The zero-order valence-corrected chi connectivity index (χ0v) is 9.42. The fourth-order valence-electron chi connectivity index (χ4n) is 1.66. The molecule has 1 aromatic carbocycles. The first-order valence-electron chi connectivity index (χ1n) is 4.95. The maximum absolute atomic E-state index is 13.8. The lowest BCUT2D eigenvalue weighted by molar-refractivity contribution is -0.138. The lowest BCUT2D eigenvalue weighted by atomic mass is 9.88. The maximum atomic E-state index is 13.8. The van der Waals surface area contributed by atoms with Gasteiger partial charge in [0.15, 0.2) is 0 Å². The third-order valence-electron chi connectivity index (χ3n) is 2.48. The van der Waals surface area contributed by atoms with Crippen LogP contribution in [0.15, 0.2) is 18.2 Å². The fourth-order valence-corrected chi connectivity index (χ4v) is 1.66. The second-order valence-electron chi connectivity index (χ2n) is 4.24. The number of benzene rings is 1. The molecule has 0 aliphatic heterocycles. The number of alkyl halides is 1. The van der Waals surface area contributed by atoms with Gasteiger partial charge < -0.3 is 5.11 Å². The molecule has 1 rings (SSSR count). The van der Waals surface area contributed by atoms with Crippen molar-refractivity contribution in [3.05, 3.63) is 35.1 Å². The largest absolute Gasteiger partial charge is 0.481 e. The molecule has 2 nitrogen and oxygen atoms in total. The normalized spacial score (nSPS) is 13.6. The van der Waals surface area contributed by atoms with Crippen LogP contribution in [0, 0.1) is 5.82 Å². The van der Waals surface area contributed by atoms with E-state index in [1.54, 1.807) is 0 Å². The van der Waals surface area contributed by atoms with Crippen molar-refractivity contribution in [1.82, 2.24) is 0 Å². The molecule has 16 heavy (non-hydrogen) atoms. The van der Waals surface area contributed by atoms with Crippen LogP contribution in [0.25, 0.3) is 0 Å². The zero-order chi connectivity index (χ0) is 12.5. The van der Waals surface area contributed by atoms with Crippen molar-refractivity contribution in [1.29, 1.82) is 0 Å². The summed E-state index contributed by atoms with van der Waals surface area (Å²) in [5.41, 5.74) is -1.89. The van der Waals surface area contributed by atoms with Crippen LogP contribution >= 0.6 is 0 Å². The lowest BCUT2D eigenvalue weighted by Crippen LogP contribution is -2.19. The van der Waals surface area contributed by atoms with Crippen LogP contribution in [-0.4, -0.2) is 11.1 Å². The number of carbonyl (C=O) groups is 1. The second kappa shape index (κ2) is 4.20. The van der Waals surface area contributed by atoms with Gasteiger partial charge in [0, 0.05) is 5.56 Å². The quantitative estimate of drug-likeness (QED) is 0.862. The SMILES string of the molecule is CC(C(=O)O)c1cccc(F)c1C(C)(C)F. The van der Waals surface area contributed by atoms with E-state index in [4.69, 9.17) is 5.11 Å². The van der Waals surface area contributed by atoms with Crippen LogP contribution in [-0.2, 0) is 10.5 Å². The molecular formula is C12H14F2O2. The average molecular weight is 228 g/mol. The zero-order valence-electron chi connectivity index (χ0n) is 9.42. The van der Waals surface area contributed by atoms with Gasteiger partial charge in [0.05, 0.1) is 5.92 Å². The average Bonchev–Trinajstić information content (AvgIpc) is 2.14. The Morgan fingerprint density at radius 1 is 1.44 bits per heavy atom. The Balaban J connectivity index is 3.40. The van der Waals surface area contributed by atoms with Crippen LogP contribution in [0.4, 0.5) is 8.78 Å². The molecule has 0 aliphatic rings. The number of hydrogen-bond acceptors (Lipinski definition) is 1. The molecule has 0 radical (unpaired) electrons. The van der Waals surface area contributed by atoms with Gasteiger partial charge in [0.25, 0.3) is 0 Å². The van der Waals surface area contributed by atoms with E-state index in [0.29, 0.717) is 0 Å². The van der Waals surface area contributed by atoms with Crippen molar-refractivity contribution in [2.45, 2.75) is 32.4 Å². The minimum atomic E-state index is -1.90. The van der Waals surface area contributed by atoms with Crippen molar-refractivity contribution in [2.75, 3.05) is 0 Å². The summed E-state index contributed by atoms with van der Waals surface area (Å²) in [4.78, 5) is 10.8. The molecule has 0 aromatic heterocycles. The van der Waals surface area contributed by atoms with E-state index in [2.05, 4.69) is 0 Å². The number of aliphatic carboxylic acids is 1. The summed E-state index contributed by atoms with van der Waals surface area (Å²) in [6, 6.07) is 3.96. The molecule has 1 atom stereocenters. The predicted molar refractivity (Wildman–Crippen MR) is 56.6 cm³/mol. The molecule has 0 aliphatic carbocycles. The summed E-state index contributed by atoms with van der Waals surface area (Å²) in [7, 11) is 0. The highest BCUT2D eigenvalue weighted by Crippen LogP contribution is 2.34. The first-order chi connectivity index (χ1) is 7.25. The standard InChI is InChI=1S/C12H14F2O2/c1-7(11(15)16)8-5-4-6-9(13)10(8)12(2,3)14/h4-7H,1-3H3,(H,15,16). The number of hydrogen-bond donors (Lipinski definition) is 1. The van der Waals surface area contributed by atoms with E-state index in [1.807, 2.05) is 0 Å². The Morgan fingerprint density at radius 3 is 2.44 bits per heavy atom. The molecule has 88 valence electrons. The second-order valence-corrected chi connectivity index (χ2v) is 4.24. The molecule has 0 fully saturated rings. The van der Waals surface area contributed by atoms with Gasteiger partial charge in [-0.2, -0.15) is 0 Å². The van der Waals surface area contributed by atoms with Gasteiger partial charge in [-0.3, -0.25) is 4.79 Å². The maximum Gasteiger partial charge on any atom is 0.310 e. The van der Waals surface area contributed by atoms with Crippen molar-refractivity contribution < 1.29 is 18.7 Å². The minimum absolute atomic E-state index is 0.176.